The molecule has 7 heteroatoms. The Morgan fingerprint density at radius 1 is 1.69 bits per heavy atom. The normalized spacial score (nSPS) is 10.6. The Hall–Kier alpha value is -1.89. The van der Waals surface area contributed by atoms with Gasteiger partial charge in [0, 0.05) is 0 Å². The molecule has 6 nitrogen and oxygen atoms in total. The molecular formula is C9H9N3O3S. The first kappa shape index (κ1) is 10.6. The largest absolute Gasteiger partial charge is 0.462 e. The zero-order valence-electron chi connectivity index (χ0n) is 8.44. The summed E-state index contributed by atoms with van der Waals surface area (Å²) in [5, 5.41) is 0.349. The molecule has 2 aromatic heterocycles. The number of esters is 1. The predicted molar refractivity (Wildman–Crippen MR) is 60.6 cm³/mol. The summed E-state index contributed by atoms with van der Waals surface area (Å²) < 4.78 is 4.83. The van der Waals surface area contributed by atoms with E-state index in [4.69, 9.17) is 10.5 Å². The van der Waals surface area contributed by atoms with E-state index in [-0.39, 0.29) is 11.5 Å². The lowest BCUT2D eigenvalue weighted by molar-refractivity contribution is 0.0532. The number of rotatable bonds is 2. The van der Waals surface area contributed by atoms with Crippen molar-refractivity contribution >= 4 is 33.5 Å². The molecule has 0 saturated carbocycles. The van der Waals surface area contributed by atoms with Gasteiger partial charge in [0.15, 0.2) is 0 Å². The minimum Gasteiger partial charge on any atom is -0.462 e. The molecular weight excluding hydrogens is 230 g/mol. The number of aromatic nitrogens is 2. The molecule has 2 aromatic rings. The highest BCUT2D eigenvalue weighted by atomic mass is 32.1. The van der Waals surface area contributed by atoms with Gasteiger partial charge in [0.1, 0.15) is 9.71 Å². The first-order chi connectivity index (χ1) is 7.61. The van der Waals surface area contributed by atoms with Crippen molar-refractivity contribution in [3.8, 4) is 0 Å². The van der Waals surface area contributed by atoms with E-state index in [1.165, 1.54) is 6.07 Å². The zero-order chi connectivity index (χ0) is 11.7. The maximum absolute atomic E-state index is 11.5. The van der Waals surface area contributed by atoms with E-state index in [1.54, 1.807) is 6.92 Å². The molecule has 0 saturated heterocycles. The van der Waals surface area contributed by atoms with Crippen LogP contribution >= 0.6 is 11.3 Å². The number of ether oxygens (including phenoxy) is 1. The average Bonchev–Trinajstić information content (AvgIpc) is 2.62. The molecule has 3 N–H and O–H groups in total. The third kappa shape index (κ3) is 1.76. The van der Waals surface area contributed by atoms with Crippen molar-refractivity contribution in [1.29, 1.82) is 0 Å². The topological polar surface area (TPSA) is 98.1 Å². The van der Waals surface area contributed by atoms with Crippen LogP contribution in [-0.4, -0.2) is 22.5 Å². The molecule has 0 fully saturated rings. The second-order valence-electron chi connectivity index (χ2n) is 3.00. The number of hydrogen-bond donors (Lipinski definition) is 2. The SMILES string of the molecule is CCOC(=O)c1cc2c(=O)[nH]c(N)nc2s1. The van der Waals surface area contributed by atoms with E-state index >= 15 is 0 Å². The van der Waals surface area contributed by atoms with Gasteiger partial charge >= 0.3 is 5.97 Å². The number of carbonyl (C=O) groups excluding carboxylic acids is 1. The van der Waals surface area contributed by atoms with Crippen LogP contribution in [0.5, 0.6) is 0 Å². The zero-order valence-corrected chi connectivity index (χ0v) is 9.26. The molecule has 0 spiro atoms. The van der Waals surface area contributed by atoms with Crippen LogP contribution < -0.4 is 11.3 Å². The quantitative estimate of drug-likeness (QED) is 0.753. The number of aromatic amines is 1. The van der Waals surface area contributed by atoms with Crippen LogP contribution in [-0.2, 0) is 4.74 Å². The van der Waals surface area contributed by atoms with Gasteiger partial charge in [-0.3, -0.25) is 9.78 Å². The second kappa shape index (κ2) is 3.93. The van der Waals surface area contributed by atoms with E-state index in [0.29, 0.717) is 21.7 Å². The van der Waals surface area contributed by atoms with Crippen molar-refractivity contribution < 1.29 is 9.53 Å². The molecule has 0 unspecified atom stereocenters. The van der Waals surface area contributed by atoms with Crippen molar-refractivity contribution in [3.63, 3.8) is 0 Å². The molecule has 0 aliphatic carbocycles. The van der Waals surface area contributed by atoms with Gasteiger partial charge < -0.3 is 10.5 Å². The lowest BCUT2D eigenvalue weighted by atomic mass is 10.3. The van der Waals surface area contributed by atoms with Gasteiger partial charge in [-0.2, -0.15) is 0 Å². The molecule has 2 heterocycles. The van der Waals surface area contributed by atoms with Gasteiger partial charge in [-0.15, -0.1) is 11.3 Å². The lowest BCUT2D eigenvalue weighted by Crippen LogP contribution is -2.09. The Bertz CT molecular complexity index is 602. The fourth-order valence-electron chi connectivity index (χ4n) is 1.25. The van der Waals surface area contributed by atoms with Gasteiger partial charge in [0.05, 0.1) is 12.0 Å². The predicted octanol–water partition coefficient (Wildman–Crippen LogP) is 0.743. The van der Waals surface area contributed by atoms with Gasteiger partial charge in [-0.05, 0) is 13.0 Å². The minimum atomic E-state index is -0.455. The number of thiophene rings is 1. The van der Waals surface area contributed by atoms with Crippen molar-refractivity contribution in [3.05, 3.63) is 21.3 Å². The maximum Gasteiger partial charge on any atom is 0.348 e. The van der Waals surface area contributed by atoms with E-state index in [9.17, 15) is 9.59 Å². The summed E-state index contributed by atoms with van der Waals surface area (Å²) in [4.78, 5) is 30.0. The van der Waals surface area contributed by atoms with Crippen LogP contribution in [0.25, 0.3) is 10.2 Å². The van der Waals surface area contributed by atoms with Crippen LogP contribution in [0.2, 0.25) is 0 Å². The van der Waals surface area contributed by atoms with E-state index in [2.05, 4.69) is 9.97 Å². The Labute approximate surface area is 94.1 Å². The van der Waals surface area contributed by atoms with Gasteiger partial charge in [0.2, 0.25) is 5.95 Å². The Morgan fingerprint density at radius 3 is 3.12 bits per heavy atom. The summed E-state index contributed by atoms with van der Waals surface area (Å²) in [6.07, 6.45) is 0. The number of nitrogen functional groups attached to an aromatic ring is 1. The van der Waals surface area contributed by atoms with E-state index in [0.717, 1.165) is 11.3 Å². The highest BCUT2D eigenvalue weighted by molar-refractivity contribution is 7.20. The van der Waals surface area contributed by atoms with E-state index in [1.807, 2.05) is 0 Å². The monoisotopic (exact) mass is 239 g/mol. The molecule has 0 radical (unpaired) electrons. The molecule has 0 aliphatic heterocycles. The Kier molecular flexibility index (Phi) is 2.61. The van der Waals surface area contributed by atoms with Crippen LogP contribution in [0.3, 0.4) is 0 Å². The van der Waals surface area contributed by atoms with Gasteiger partial charge in [-0.25, -0.2) is 9.78 Å². The van der Waals surface area contributed by atoms with Gasteiger partial charge in [-0.1, -0.05) is 0 Å². The summed E-state index contributed by atoms with van der Waals surface area (Å²) in [6.45, 7) is 2.01. The van der Waals surface area contributed by atoms with Crippen molar-refractivity contribution in [2.75, 3.05) is 12.3 Å². The molecule has 0 aromatic carbocycles. The number of nitrogens with one attached hydrogen (secondary N) is 1. The van der Waals surface area contributed by atoms with Crippen LogP contribution in [0.1, 0.15) is 16.6 Å². The van der Waals surface area contributed by atoms with Crippen molar-refractivity contribution in [2.45, 2.75) is 6.92 Å². The van der Waals surface area contributed by atoms with E-state index < -0.39 is 5.97 Å². The molecule has 2 rings (SSSR count). The highest BCUT2D eigenvalue weighted by Crippen LogP contribution is 2.22. The maximum atomic E-state index is 11.5. The fourth-order valence-corrected chi connectivity index (χ4v) is 2.18. The number of fused-ring (bicyclic) bond motifs is 1. The number of carbonyl (C=O) groups is 1. The summed E-state index contributed by atoms with van der Waals surface area (Å²) in [5.74, 6) is -0.418. The number of hydrogen-bond acceptors (Lipinski definition) is 6. The van der Waals surface area contributed by atoms with Gasteiger partial charge in [0.25, 0.3) is 5.56 Å². The standard InChI is InChI=1S/C9H9N3O3S/c1-2-15-8(14)5-3-4-6(13)11-9(10)12-7(4)16-5/h3H,2H2,1H3,(H3,10,11,12,13). The summed E-state index contributed by atoms with van der Waals surface area (Å²) in [5.41, 5.74) is 5.04. The molecule has 0 amide bonds. The molecule has 84 valence electrons. The molecule has 0 atom stereocenters. The summed E-state index contributed by atoms with van der Waals surface area (Å²) >= 11 is 1.09. The number of anilines is 1. The number of nitrogens with two attached hydrogens (primary N) is 1. The third-order valence-corrected chi connectivity index (χ3v) is 2.91. The Morgan fingerprint density at radius 2 is 2.44 bits per heavy atom. The molecule has 0 bridgehead atoms. The fraction of sp³-hybridized carbons (Fsp3) is 0.222. The van der Waals surface area contributed by atoms with Crippen LogP contribution in [0, 0.1) is 0 Å². The highest BCUT2D eigenvalue weighted by Gasteiger charge is 2.14. The first-order valence-corrected chi connectivity index (χ1v) is 5.40. The van der Waals surface area contributed by atoms with Crippen molar-refractivity contribution in [1.82, 2.24) is 9.97 Å². The number of H-pyrrole nitrogens is 1. The van der Waals surface area contributed by atoms with Crippen LogP contribution in [0.15, 0.2) is 10.9 Å². The number of nitrogens with zero attached hydrogens (tertiary/aromatic N) is 1. The average molecular weight is 239 g/mol. The summed E-state index contributed by atoms with van der Waals surface area (Å²) in [6, 6.07) is 1.46. The Balaban J connectivity index is 2.56. The molecule has 16 heavy (non-hydrogen) atoms. The third-order valence-electron chi connectivity index (χ3n) is 1.90. The summed E-state index contributed by atoms with van der Waals surface area (Å²) in [7, 11) is 0. The second-order valence-corrected chi connectivity index (χ2v) is 4.03. The lowest BCUT2D eigenvalue weighted by Gasteiger charge is -1.95. The smallest absolute Gasteiger partial charge is 0.348 e. The van der Waals surface area contributed by atoms with Crippen LogP contribution in [0.4, 0.5) is 5.95 Å². The van der Waals surface area contributed by atoms with Crippen molar-refractivity contribution in [2.24, 2.45) is 0 Å². The minimum absolute atomic E-state index is 0.0368. The first-order valence-electron chi connectivity index (χ1n) is 4.58. The molecule has 0 aliphatic rings.